The largest absolute Gasteiger partial charge is 0.264 e. The molecule has 1 heterocycles. The number of hydrogen-bond acceptors (Lipinski definition) is 1. The highest BCUT2D eigenvalue weighted by molar-refractivity contribution is 5.14. The summed E-state index contributed by atoms with van der Waals surface area (Å²) in [6.07, 6.45) is 11.0. The van der Waals surface area contributed by atoms with Gasteiger partial charge in [0.05, 0.1) is 0 Å². The van der Waals surface area contributed by atoms with Crippen LogP contribution in [0.4, 0.5) is 0 Å². The quantitative estimate of drug-likeness (QED) is 0.690. The molecule has 2 rings (SSSR count). The van der Waals surface area contributed by atoms with Crippen LogP contribution in [0.2, 0.25) is 0 Å². The van der Waals surface area contributed by atoms with Crippen LogP contribution >= 0.6 is 0 Å². The Labute approximate surface area is 86.6 Å². The van der Waals surface area contributed by atoms with Gasteiger partial charge in [0.2, 0.25) is 0 Å². The fraction of sp³-hybridized carbons (Fsp3) is 0.615. The average Bonchev–Trinajstić information content (AvgIpc) is 2.30. The summed E-state index contributed by atoms with van der Waals surface area (Å²) >= 11 is 0. The van der Waals surface area contributed by atoms with Crippen LogP contribution in [0.5, 0.6) is 0 Å². The molecule has 14 heavy (non-hydrogen) atoms. The maximum Gasteiger partial charge on any atom is 0.0302 e. The van der Waals surface area contributed by atoms with E-state index in [0.717, 1.165) is 5.92 Å². The molecule has 0 radical (unpaired) electrons. The first-order valence-corrected chi connectivity index (χ1v) is 5.78. The van der Waals surface area contributed by atoms with E-state index in [1.54, 1.807) is 0 Å². The fourth-order valence-electron chi connectivity index (χ4n) is 2.55. The molecular weight excluding hydrogens is 170 g/mol. The van der Waals surface area contributed by atoms with Crippen LogP contribution in [0.3, 0.4) is 0 Å². The average molecular weight is 189 g/mol. The first-order chi connectivity index (χ1) is 6.88. The molecule has 1 aromatic rings. The zero-order valence-corrected chi connectivity index (χ0v) is 8.95. The van der Waals surface area contributed by atoms with Crippen molar-refractivity contribution in [2.24, 2.45) is 5.92 Å². The van der Waals surface area contributed by atoms with Gasteiger partial charge in [-0.05, 0) is 36.3 Å². The number of hydrogen-bond donors (Lipinski definition) is 0. The second kappa shape index (κ2) is 4.59. The van der Waals surface area contributed by atoms with Gasteiger partial charge in [0, 0.05) is 12.4 Å². The molecule has 0 spiro atoms. The number of aromatic nitrogens is 1. The molecular formula is C13H19N. The van der Waals surface area contributed by atoms with Gasteiger partial charge in [-0.3, -0.25) is 4.98 Å². The molecule has 1 heteroatoms. The van der Waals surface area contributed by atoms with E-state index < -0.39 is 0 Å². The van der Waals surface area contributed by atoms with Gasteiger partial charge >= 0.3 is 0 Å². The molecule has 1 aliphatic carbocycles. The van der Waals surface area contributed by atoms with E-state index in [2.05, 4.69) is 24.0 Å². The van der Waals surface area contributed by atoms with Gasteiger partial charge in [-0.2, -0.15) is 0 Å². The maximum absolute atomic E-state index is 4.20. The van der Waals surface area contributed by atoms with Crippen LogP contribution in [0, 0.1) is 5.92 Å². The summed E-state index contributed by atoms with van der Waals surface area (Å²) in [7, 11) is 0. The van der Waals surface area contributed by atoms with Crippen LogP contribution in [-0.4, -0.2) is 4.98 Å². The van der Waals surface area contributed by atoms with Crippen molar-refractivity contribution in [3.8, 4) is 0 Å². The van der Waals surface area contributed by atoms with E-state index in [4.69, 9.17) is 0 Å². The highest BCUT2D eigenvalue weighted by Gasteiger charge is 2.20. The van der Waals surface area contributed by atoms with Crippen LogP contribution < -0.4 is 0 Å². The second-order valence-electron chi connectivity index (χ2n) is 4.47. The molecule has 1 saturated carbocycles. The molecule has 0 aliphatic heterocycles. The van der Waals surface area contributed by atoms with E-state index >= 15 is 0 Å². The minimum atomic E-state index is 0.698. The van der Waals surface area contributed by atoms with Crippen LogP contribution in [0.25, 0.3) is 0 Å². The van der Waals surface area contributed by atoms with Gasteiger partial charge in [-0.25, -0.2) is 0 Å². The van der Waals surface area contributed by atoms with Gasteiger partial charge < -0.3 is 0 Å². The Bertz CT molecular complexity index is 262. The molecule has 1 aromatic heterocycles. The summed E-state index contributed by atoms with van der Waals surface area (Å²) < 4.78 is 0. The van der Waals surface area contributed by atoms with Crippen molar-refractivity contribution in [1.29, 1.82) is 0 Å². The van der Waals surface area contributed by atoms with E-state index in [9.17, 15) is 0 Å². The van der Waals surface area contributed by atoms with Crippen molar-refractivity contribution in [3.63, 3.8) is 0 Å². The minimum absolute atomic E-state index is 0.698. The molecule has 1 nitrogen and oxygen atoms in total. The molecule has 1 atom stereocenters. The summed E-state index contributed by atoms with van der Waals surface area (Å²) in [5.41, 5.74) is 1.42. The standard InChI is InChI=1S/C13H19N/c1-11(12-6-3-2-4-7-12)13-8-5-9-14-10-13/h5,8-12H,2-4,6-7H2,1H3. The van der Waals surface area contributed by atoms with E-state index in [0.29, 0.717) is 5.92 Å². The van der Waals surface area contributed by atoms with Gasteiger partial charge in [0.15, 0.2) is 0 Å². The Balaban J connectivity index is 2.03. The van der Waals surface area contributed by atoms with Crippen molar-refractivity contribution in [3.05, 3.63) is 30.1 Å². The van der Waals surface area contributed by atoms with Crippen molar-refractivity contribution in [2.45, 2.75) is 44.9 Å². The van der Waals surface area contributed by atoms with E-state index in [1.807, 2.05) is 12.4 Å². The number of pyridine rings is 1. The van der Waals surface area contributed by atoms with Gasteiger partial charge in [0.1, 0.15) is 0 Å². The molecule has 0 bridgehead atoms. The van der Waals surface area contributed by atoms with Crippen molar-refractivity contribution >= 4 is 0 Å². The molecule has 76 valence electrons. The molecule has 1 fully saturated rings. The lowest BCUT2D eigenvalue weighted by Crippen LogP contribution is -2.13. The summed E-state index contributed by atoms with van der Waals surface area (Å²) in [4.78, 5) is 4.20. The zero-order chi connectivity index (χ0) is 9.80. The van der Waals surface area contributed by atoms with Crippen LogP contribution in [0.15, 0.2) is 24.5 Å². The van der Waals surface area contributed by atoms with Gasteiger partial charge in [-0.15, -0.1) is 0 Å². The predicted octanol–water partition coefficient (Wildman–Crippen LogP) is 3.77. The zero-order valence-electron chi connectivity index (χ0n) is 8.95. The molecule has 1 aliphatic rings. The van der Waals surface area contributed by atoms with Crippen molar-refractivity contribution in [1.82, 2.24) is 4.98 Å². The summed E-state index contributed by atoms with van der Waals surface area (Å²) in [5.74, 6) is 1.59. The van der Waals surface area contributed by atoms with Crippen molar-refractivity contribution < 1.29 is 0 Å². The normalized spacial score (nSPS) is 20.6. The lowest BCUT2D eigenvalue weighted by atomic mass is 9.78. The van der Waals surface area contributed by atoms with Gasteiger partial charge in [0.25, 0.3) is 0 Å². The Morgan fingerprint density at radius 1 is 1.29 bits per heavy atom. The Morgan fingerprint density at radius 2 is 2.07 bits per heavy atom. The number of nitrogens with zero attached hydrogens (tertiary/aromatic N) is 1. The molecule has 0 N–H and O–H groups in total. The lowest BCUT2D eigenvalue weighted by Gasteiger charge is -2.27. The third-order valence-electron chi connectivity index (χ3n) is 3.57. The predicted molar refractivity (Wildman–Crippen MR) is 59.2 cm³/mol. The molecule has 0 amide bonds. The Hall–Kier alpha value is -0.850. The Kier molecular flexibility index (Phi) is 3.18. The topological polar surface area (TPSA) is 12.9 Å². The highest BCUT2D eigenvalue weighted by Crippen LogP contribution is 2.35. The van der Waals surface area contributed by atoms with Crippen LogP contribution in [0.1, 0.15) is 50.5 Å². The summed E-state index contributed by atoms with van der Waals surface area (Å²) in [6, 6.07) is 4.26. The highest BCUT2D eigenvalue weighted by atomic mass is 14.6. The third kappa shape index (κ3) is 2.14. The summed E-state index contributed by atoms with van der Waals surface area (Å²) in [6.45, 7) is 2.35. The molecule has 1 unspecified atom stereocenters. The molecule has 0 aromatic carbocycles. The first-order valence-electron chi connectivity index (χ1n) is 5.78. The fourth-order valence-corrected chi connectivity index (χ4v) is 2.55. The lowest BCUT2D eigenvalue weighted by molar-refractivity contribution is 0.316. The smallest absolute Gasteiger partial charge is 0.0302 e. The SMILES string of the molecule is CC(c1cccnc1)C1CCCCC1. The van der Waals surface area contributed by atoms with Gasteiger partial charge in [-0.1, -0.05) is 32.3 Å². The second-order valence-corrected chi connectivity index (χ2v) is 4.47. The van der Waals surface area contributed by atoms with Crippen LogP contribution in [-0.2, 0) is 0 Å². The minimum Gasteiger partial charge on any atom is -0.264 e. The monoisotopic (exact) mass is 189 g/mol. The third-order valence-corrected chi connectivity index (χ3v) is 3.57. The molecule has 0 saturated heterocycles. The van der Waals surface area contributed by atoms with E-state index in [1.165, 1.54) is 37.7 Å². The number of rotatable bonds is 2. The maximum atomic E-state index is 4.20. The van der Waals surface area contributed by atoms with Crippen molar-refractivity contribution in [2.75, 3.05) is 0 Å². The van der Waals surface area contributed by atoms with E-state index in [-0.39, 0.29) is 0 Å². The summed E-state index contributed by atoms with van der Waals surface area (Å²) in [5, 5.41) is 0. The first kappa shape index (κ1) is 9.70. The Morgan fingerprint density at radius 3 is 2.71 bits per heavy atom.